The van der Waals surface area contributed by atoms with Gasteiger partial charge in [0.2, 0.25) is 0 Å². The molecule has 0 spiro atoms. The maximum absolute atomic E-state index is 12.6. The molecule has 0 bridgehead atoms. The maximum atomic E-state index is 12.6. The number of hydrogen-bond acceptors (Lipinski definition) is 4. The Kier molecular flexibility index (Phi) is 8.37. The fraction of sp³-hybridized carbons (Fsp3) is 0.154. The summed E-state index contributed by atoms with van der Waals surface area (Å²) in [7, 11) is 0. The molecule has 0 radical (unpaired) electrons. The zero-order valence-corrected chi connectivity index (χ0v) is 19.7. The summed E-state index contributed by atoms with van der Waals surface area (Å²) in [5.74, 6) is 0.291. The largest absolute Gasteiger partial charge is 0.490 e. The van der Waals surface area contributed by atoms with Crippen LogP contribution in [-0.2, 0) is 11.4 Å². The molecule has 0 unspecified atom stereocenters. The quantitative estimate of drug-likeness (QED) is 0.283. The highest BCUT2D eigenvalue weighted by Crippen LogP contribution is 2.38. The van der Waals surface area contributed by atoms with E-state index in [4.69, 9.17) is 32.7 Å². The topological polar surface area (TPSA) is 71.3 Å². The van der Waals surface area contributed by atoms with Gasteiger partial charge in [-0.15, -0.1) is 0 Å². The molecule has 3 aromatic rings. The fourth-order valence-corrected chi connectivity index (χ4v) is 3.43. The number of aryl methyl sites for hydroxylation is 1. The number of para-hydroxylation sites is 1. The molecule has 0 saturated heterocycles. The molecule has 0 heterocycles. The number of anilines is 1. The van der Waals surface area contributed by atoms with Gasteiger partial charge in [-0.3, -0.25) is 4.79 Å². The van der Waals surface area contributed by atoms with Crippen molar-refractivity contribution in [3.8, 4) is 17.6 Å². The van der Waals surface area contributed by atoms with Gasteiger partial charge in [-0.25, -0.2) is 0 Å². The van der Waals surface area contributed by atoms with Crippen LogP contribution >= 0.6 is 23.2 Å². The Balaban J connectivity index is 1.85. The Morgan fingerprint density at radius 2 is 1.82 bits per heavy atom. The number of benzene rings is 3. The monoisotopic (exact) mass is 480 g/mol. The van der Waals surface area contributed by atoms with Crippen molar-refractivity contribution in [3.05, 3.63) is 93.0 Å². The molecular formula is C26H22Cl2N2O3. The van der Waals surface area contributed by atoms with Crippen LogP contribution in [0.5, 0.6) is 11.5 Å². The Hall–Kier alpha value is -3.46. The molecule has 0 aliphatic rings. The third-order valence-electron chi connectivity index (χ3n) is 4.70. The second kappa shape index (κ2) is 11.4. The third kappa shape index (κ3) is 6.52. The lowest BCUT2D eigenvalue weighted by atomic mass is 10.1. The highest BCUT2D eigenvalue weighted by atomic mass is 35.5. The molecule has 7 heteroatoms. The number of amides is 1. The lowest BCUT2D eigenvalue weighted by Gasteiger charge is -2.15. The molecule has 1 amide bonds. The van der Waals surface area contributed by atoms with Gasteiger partial charge in [0.1, 0.15) is 18.2 Å². The number of nitrogens with one attached hydrogen (secondary N) is 1. The molecule has 0 atom stereocenters. The smallest absolute Gasteiger partial charge is 0.266 e. The van der Waals surface area contributed by atoms with Crippen molar-refractivity contribution in [2.24, 2.45) is 0 Å². The first-order valence-electron chi connectivity index (χ1n) is 10.2. The molecule has 33 heavy (non-hydrogen) atoms. The second-order valence-corrected chi connectivity index (χ2v) is 7.96. The molecule has 3 aromatic carbocycles. The normalized spacial score (nSPS) is 10.9. The third-order valence-corrected chi connectivity index (χ3v) is 5.23. The zero-order chi connectivity index (χ0) is 23.8. The summed E-state index contributed by atoms with van der Waals surface area (Å²) >= 11 is 12.4. The molecule has 3 rings (SSSR count). The fourth-order valence-electron chi connectivity index (χ4n) is 3.03. The minimum absolute atomic E-state index is 0.0633. The van der Waals surface area contributed by atoms with E-state index in [2.05, 4.69) is 5.32 Å². The molecule has 1 N–H and O–H groups in total. The molecular weight excluding hydrogens is 459 g/mol. The average Bonchev–Trinajstić information content (AvgIpc) is 2.79. The maximum Gasteiger partial charge on any atom is 0.266 e. The van der Waals surface area contributed by atoms with Crippen LogP contribution in [0.1, 0.15) is 23.6 Å². The van der Waals surface area contributed by atoms with Crippen LogP contribution in [0.25, 0.3) is 6.08 Å². The van der Waals surface area contributed by atoms with Crippen LogP contribution in [0, 0.1) is 18.3 Å². The Labute approximate surface area is 203 Å². The zero-order valence-electron chi connectivity index (χ0n) is 18.2. The number of carbonyl (C=O) groups excluding carboxylic acids is 1. The Morgan fingerprint density at radius 3 is 2.48 bits per heavy atom. The first-order valence-corrected chi connectivity index (χ1v) is 11.0. The number of nitriles is 1. The van der Waals surface area contributed by atoms with E-state index in [1.807, 2.05) is 50.2 Å². The van der Waals surface area contributed by atoms with E-state index in [-0.39, 0.29) is 12.2 Å². The van der Waals surface area contributed by atoms with Gasteiger partial charge in [0.15, 0.2) is 11.5 Å². The van der Waals surface area contributed by atoms with Gasteiger partial charge in [-0.05, 0) is 66.9 Å². The Bertz CT molecular complexity index is 1220. The van der Waals surface area contributed by atoms with Gasteiger partial charge in [-0.1, -0.05) is 53.5 Å². The van der Waals surface area contributed by atoms with E-state index in [0.29, 0.717) is 39.4 Å². The lowest BCUT2D eigenvalue weighted by molar-refractivity contribution is -0.112. The van der Waals surface area contributed by atoms with Crippen LogP contribution in [0.2, 0.25) is 10.0 Å². The summed E-state index contributed by atoms with van der Waals surface area (Å²) in [6.07, 6.45) is 1.46. The summed E-state index contributed by atoms with van der Waals surface area (Å²) in [5.41, 5.74) is 2.93. The SMILES string of the molecule is CCOc1cc(/C=C(\C#N)C(=O)Nc2ccccc2C)cc(Cl)c1OCc1ccc(Cl)cc1. The number of nitrogens with zero attached hydrogens (tertiary/aromatic N) is 1. The second-order valence-electron chi connectivity index (χ2n) is 7.12. The van der Waals surface area contributed by atoms with Crippen LogP contribution in [0.3, 0.4) is 0 Å². The van der Waals surface area contributed by atoms with E-state index in [0.717, 1.165) is 11.1 Å². The van der Waals surface area contributed by atoms with Gasteiger partial charge in [-0.2, -0.15) is 5.26 Å². The van der Waals surface area contributed by atoms with E-state index in [1.165, 1.54) is 6.08 Å². The van der Waals surface area contributed by atoms with E-state index in [1.54, 1.807) is 30.3 Å². The van der Waals surface area contributed by atoms with Crippen LogP contribution in [0.15, 0.2) is 66.2 Å². The molecule has 0 saturated carbocycles. The van der Waals surface area contributed by atoms with Crippen LogP contribution < -0.4 is 14.8 Å². The van der Waals surface area contributed by atoms with Crippen LogP contribution in [-0.4, -0.2) is 12.5 Å². The van der Waals surface area contributed by atoms with Crippen molar-refractivity contribution in [1.29, 1.82) is 5.26 Å². The van der Waals surface area contributed by atoms with Crippen molar-refractivity contribution in [2.45, 2.75) is 20.5 Å². The molecule has 0 fully saturated rings. The van der Waals surface area contributed by atoms with Crippen molar-refractivity contribution in [3.63, 3.8) is 0 Å². The van der Waals surface area contributed by atoms with Crippen LogP contribution in [0.4, 0.5) is 5.69 Å². The first-order chi connectivity index (χ1) is 15.9. The lowest BCUT2D eigenvalue weighted by Crippen LogP contribution is -2.14. The van der Waals surface area contributed by atoms with Gasteiger partial charge >= 0.3 is 0 Å². The van der Waals surface area contributed by atoms with Gasteiger partial charge in [0.25, 0.3) is 5.91 Å². The minimum Gasteiger partial charge on any atom is -0.490 e. The predicted molar refractivity (Wildman–Crippen MR) is 132 cm³/mol. The number of halogens is 2. The van der Waals surface area contributed by atoms with Crippen molar-refractivity contribution < 1.29 is 14.3 Å². The molecule has 0 aliphatic heterocycles. The number of ether oxygens (including phenoxy) is 2. The van der Waals surface area contributed by atoms with E-state index >= 15 is 0 Å². The standard InChI is InChI=1S/C26H22Cl2N2O3/c1-3-32-24-14-19(12-20(15-29)26(31)30-23-7-5-4-6-17(23)2)13-22(28)25(24)33-16-18-8-10-21(27)11-9-18/h4-14H,3,16H2,1-2H3,(H,30,31)/b20-12+. The molecule has 5 nitrogen and oxygen atoms in total. The number of rotatable bonds is 8. The molecule has 0 aromatic heterocycles. The van der Waals surface area contributed by atoms with E-state index in [9.17, 15) is 10.1 Å². The predicted octanol–water partition coefficient (Wildman–Crippen LogP) is 6.83. The highest BCUT2D eigenvalue weighted by Gasteiger charge is 2.15. The minimum atomic E-state index is -0.510. The van der Waals surface area contributed by atoms with Crippen molar-refractivity contribution in [2.75, 3.05) is 11.9 Å². The molecule has 168 valence electrons. The summed E-state index contributed by atoms with van der Waals surface area (Å²) < 4.78 is 11.6. The van der Waals surface area contributed by atoms with Gasteiger partial charge in [0.05, 0.1) is 11.6 Å². The van der Waals surface area contributed by atoms with E-state index < -0.39 is 5.91 Å². The van der Waals surface area contributed by atoms with Gasteiger partial charge in [0, 0.05) is 10.7 Å². The summed E-state index contributed by atoms with van der Waals surface area (Å²) in [4.78, 5) is 12.6. The first kappa shape index (κ1) is 24.2. The summed E-state index contributed by atoms with van der Waals surface area (Å²) in [6.45, 7) is 4.38. The van der Waals surface area contributed by atoms with Crippen molar-refractivity contribution in [1.82, 2.24) is 0 Å². The summed E-state index contributed by atoms with van der Waals surface area (Å²) in [5, 5.41) is 13.3. The molecule has 0 aliphatic carbocycles. The average molecular weight is 481 g/mol. The van der Waals surface area contributed by atoms with Crippen molar-refractivity contribution >= 4 is 40.9 Å². The summed E-state index contributed by atoms with van der Waals surface area (Å²) in [6, 6.07) is 19.9. The number of hydrogen-bond donors (Lipinski definition) is 1. The van der Waals surface area contributed by atoms with Gasteiger partial charge < -0.3 is 14.8 Å². The Morgan fingerprint density at radius 1 is 1.09 bits per heavy atom. The highest BCUT2D eigenvalue weighted by molar-refractivity contribution is 6.32. The number of carbonyl (C=O) groups is 1.